The summed E-state index contributed by atoms with van der Waals surface area (Å²) in [6.07, 6.45) is 1.50. The molecule has 0 aliphatic carbocycles. The van der Waals surface area contributed by atoms with Crippen LogP contribution in [0.25, 0.3) is 0 Å². The highest BCUT2D eigenvalue weighted by Gasteiger charge is 2.10. The molecule has 0 saturated carbocycles. The molecule has 0 atom stereocenters. The number of carbonyl (C=O) groups is 1. The summed E-state index contributed by atoms with van der Waals surface area (Å²) in [5.74, 6) is 2.75. The number of hydrogen-bond acceptors (Lipinski definition) is 6. The van der Waals surface area contributed by atoms with Crippen LogP contribution in [0.4, 0.5) is 5.13 Å². The first-order valence-corrected chi connectivity index (χ1v) is 3.70. The van der Waals surface area contributed by atoms with E-state index < -0.39 is 11.9 Å². The first kappa shape index (κ1) is 8.62. The van der Waals surface area contributed by atoms with Gasteiger partial charge in [0.2, 0.25) is 5.13 Å². The summed E-state index contributed by atoms with van der Waals surface area (Å²) in [4.78, 5) is 21.5. The Morgan fingerprint density at radius 2 is 2.58 bits per heavy atom. The molecule has 0 radical (unpaired) electrons. The molecule has 0 spiro atoms. The van der Waals surface area contributed by atoms with Gasteiger partial charge in [0, 0.05) is 11.6 Å². The molecule has 0 aliphatic heterocycles. The minimum Gasteiger partial charge on any atom is -0.474 e. The summed E-state index contributed by atoms with van der Waals surface area (Å²) in [7, 11) is 0. The lowest BCUT2D eigenvalue weighted by Gasteiger charge is -1.94. The van der Waals surface area contributed by atoms with Gasteiger partial charge in [-0.15, -0.1) is 11.3 Å². The molecule has 0 aliphatic rings. The number of hydrogen-bond donors (Lipinski definition) is 2. The van der Waals surface area contributed by atoms with Crippen LogP contribution in [0.3, 0.4) is 0 Å². The fraction of sp³-hybridized carbons (Fsp3) is 0. The van der Waals surface area contributed by atoms with E-state index in [1.165, 1.54) is 17.5 Å². The van der Waals surface area contributed by atoms with Gasteiger partial charge in [0.25, 0.3) is 0 Å². The van der Waals surface area contributed by atoms with Gasteiger partial charge in [-0.25, -0.2) is 9.78 Å². The molecule has 64 valence electrons. The molecule has 0 bridgehead atoms. The Morgan fingerprint density at radius 3 is 3.00 bits per heavy atom. The van der Waals surface area contributed by atoms with Crippen molar-refractivity contribution in [1.29, 1.82) is 0 Å². The third-order valence-electron chi connectivity index (χ3n) is 0.911. The van der Waals surface area contributed by atoms with Crippen molar-refractivity contribution in [3.63, 3.8) is 0 Å². The summed E-state index contributed by atoms with van der Waals surface area (Å²) < 4.78 is 0. The zero-order valence-electron chi connectivity index (χ0n) is 5.80. The van der Waals surface area contributed by atoms with E-state index in [0.717, 1.165) is 0 Å². The number of aliphatic carboxylic acids is 1. The second-order valence-electron chi connectivity index (χ2n) is 1.65. The van der Waals surface area contributed by atoms with Crippen LogP contribution in [0, 0.1) is 0 Å². The first-order valence-electron chi connectivity index (χ1n) is 2.82. The number of carboxylic acid groups (broad SMARTS) is 1. The maximum absolute atomic E-state index is 10.3. The van der Waals surface area contributed by atoms with E-state index in [1.807, 2.05) is 0 Å². The highest BCUT2D eigenvalue weighted by Crippen LogP contribution is 2.14. The third kappa shape index (κ3) is 2.01. The molecule has 3 N–H and O–H groups in total. The van der Waals surface area contributed by atoms with Crippen molar-refractivity contribution in [3.8, 4) is 0 Å². The molecule has 0 amide bonds. The summed E-state index contributed by atoms with van der Waals surface area (Å²) >= 11 is 1.19. The van der Waals surface area contributed by atoms with Gasteiger partial charge in [0.15, 0.2) is 0 Å². The standard InChI is InChI=1S/C5H5N3O3S/c6-11-3(4(9)10)8-5-7-1-2-12-5/h1-2H,6H2,(H,9,10). The van der Waals surface area contributed by atoms with Crippen LogP contribution in [0.2, 0.25) is 0 Å². The fourth-order valence-electron chi connectivity index (χ4n) is 0.483. The van der Waals surface area contributed by atoms with Crippen LogP contribution in [-0.4, -0.2) is 22.0 Å². The quantitative estimate of drug-likeness (QED) is 0.370. The van der Waals surface area contributed by atoms with Crippen LogP contribution in [0.5, 0.6) is 0 Å². The SMILES string of the molecule is NOC(=Nc1nccs1)C(=O)O. The van der Waals surface area contributed by atoms with Gasteiger partial charge in [-0.3, -0.25) is 0 Å². The average molecular weight is 187 g/mol. The summed E-state index contributed by atoms with van der Waals surface area (Å²) in [5.41, 5.74) is 0. The van der Waals surface area contributed by atoms with Gasteiger partial charge in [-0.2, -0.15) is 10.9 Å². The van der Waals surface area contributed by atoms with Crippen molar-refractivity contribution < 1.29 is 14.7 Å². The lowest BCUT2D eigenvalue weighted by molar-refractivity contribution is -0.131. The van der Waals surface area contributed by atoms with E-state index in [0.29, 0.717) is 0 Å². The molecule has 1 heterocycles. The summed E-state index contributed by atoms with van der Waals surface area (Å²) in [6.45, 7) is 0. The van der Waals surface area contributed by atoms with Crippen LogP contribution in [0.15, 0.2) is 16.6 Å². The van der Waals surface area contributed by atoms with Crippen LogP contribution in [-0.2, 0) is 9.63 Å². The van der Waals surface area contributed by atoms with Crippen molar-refractivity contribution in [1.82, 2.24) is 4.98 Å². The predicted octanol–water partition coefficient (Wildman–Crippen LogP) is 0.148. The molecule has 0 unspecified atom stereocenters. The number of thiazole rings is 1. The van der Waals surface area contributed by atoms with Crippen molar-refractivity contribution in [2.75, 3.05) is 0 Å². The number of rotatable bonds is 1. The van der Waals surface area contributed by atoms with Gasteiger partial charge < -0.3 is 9.94 Å². The Balaban J connectivity index is 2.85. The zero-order chi connectivity index (χ0) is 8.97. The Labute approximate surface area is 71.3 Å². The number of carboxylic acids is 1. The molecule has 0 fully saturated rings. The van der Waals surface area contributed by atoms with E-state index in [-0.39, 0.29) is 5.13 Å². The van der Waals surface area contributed by atoms with Crippen LogP contribution in [0.1, 0.15) is 0 Å². The average Bonchev–Trinajstić information content (AvgIpc) is 2.51. The maximum atomic E-state index is 10.3. The lowest BCUT2D eigenvalue weighted by atomic mass is 10.7. The van der Waals surface area contributed by atoms with Crippen LogP contribution < -0.4 is 5.90 Å². The molecule has 1 aromatic heterocycles. The highest BCUT2D eigenvalue weighted by atomic mass is 32.1. The molecular formula is C5H5N3O3S. The Hall–Kier alpha value is -1.47. The van der Waals surface area contributed by atoms with E-state index in [4.69, 9.17) is 5.11 Å². The molecule has 0 saturated heterocycles. The van der Waals surface area contributed by atoms with Gasteiger partial charge in [0.05, 0.1) is 0 Å². The molecule has 1 rings (SSSR count). The molecule has 0 aromatic carbocycles. The Bertz CT molecular complexity index is 295. The fourth-order valence-corrected chi connectivity index (χ4v) is 0.983. The number of aliphatic imine (C=N–C) groups is 1. The molecule has 12 heavy (non-hydrogen) atoms. The normalized spacial score (nSPS) is 11.2. The molecule has 6 nitrogen and oxygen atoms in total. The molecule has 1 aromatic rings. The largest absolute Gasteiger partial charge is 0.474 e. The number of nitrogens with zero attached hydrogens (tertiary/aromatic N) is 2. The minimum atomic E-state index is -1.33. The summed E-state index contributed by atoms with van der Waals surface area (Å²) in [6, 6.07) is 0. The van der Waals surface area contributed by atoms with Crippen LogP contribution >= 0.6 is 11.3 Å². The Morgan fingerprint density at radius 1 is 1.83 bits per heavy atom. The minimum absolute atomic E-state index is 0.290. The second-order valence-corrected chi connectivity index (χ2v) is 2.53. The lowest BCUT2D eigenvalue weighted by Crippen LogP contribution is -2.20. The number of nitrogens with two attached hydrogens (primary N) is 1. The molecule has 7 heteroatoms. The first-order chi connectivity index (χ1) is 5.74. The smallest absolute Gasteiger partial charge is 0.394 e. The van der Waals surface area contributed by atoms with E-state index in [1.54, 1.807) is 5.38 Å². The predicted molar refractivity (Wildman–Crippen MR) is 42.1 cm³/mol. The maximum Gasteiger partial charge on any atom is 0.394 e. The van der Waals surface area contributed by atoms with Crippen molar-refractivity contribution in [3.05, 3.63) is 11.6 Å². The molecular weight excluding hydrogens is 182 g/mol. The topological polar surface area (TPSA) is 97.8 Å². The van der Waals surface area contributed by atoms with Crippen molar-refractivity contribution in [2.24, 2.45) is 10.9 Å². The van der Waals surface area contributed by atoms with Gasteiger partial charge in [0.1, 0.15) is 0 Å². The second kappa shape index (κ2) is 3.79. The number of aromatic nitrogens is 1. The van der Waals surface area contributed by atoms with Crippen molar-refractivity contribution >= 4 is 28.3 Å². The van der Waals surface area contributed by atoms with Gasteiger partial charge in [-0.05, 0) is 0 Å². The van der Waals surface area contributed by atoms with E-state index in [2.05, 4.69) is 20.7 Å². The van der Waals surface area contributed by atoms with E-state index in [9.17, 15) is 4.79 Å². The van der Waals surface area contributed by atoms with Gasteiger partial charge in [-0.1, -0.05) is 0 Å². The highest BCUT2D eigenvalue weighted by molar-refractivity contribution is 7.13. The Kier molecular flexibility index (Phi) is 2.72. The summed E-state index contributed by atoms with van der Waals surface area (Å²) in [5, 5.41) is 10.4. The van der Waals surface area contributed by atoms with E-state index >= 15 is 0 Å². The van der Waals surface area contributed by atoms with Gasteiger partial charge >= 0.3 is 11.9 Å². The zero-order valence-corrected chi connectivity index (χ0v) is 6.61. The van der Waals surface area contributed by atoms with Crippen molar-refractivity contribution in [2.45, 2.75) is 0 Å². The third-order valence-corrected chi connectivity index (χ3v) is 1.58. The monoisotopic (exact) mass is 187 g/mol.